The Bertz CT molecular complexity index is 219. The van der Waals surface area contributed by atoms with Gasteiger partial charge in [-0.15, -0.1) is 0 Å². The summed E-state index contributed by atoms with van der Waals surface area (Å²) in [6.45, 7) is 6.92. The summed E-state index contributed by atoms with van der Waals surface area (Å²) in [4.78, 5) is 2.27. The molecular weight excluding hydrogens is 164 g/mol. The van der Waals surface area contributed by atoms with Crippen LogP contribution in [-0.2, 0) is 6.54 Å². The summed E-state index contributed by atoms with van der Waals surface area (Å²) >= 11 is 0. The number of nitrogens with two attached hydrogens (primary N) is 1. The maximum atomic E-state index is 5.73. The van der Waals surface area contributed by atoms with Crippen molar-refractivity contribution >= 4 is 0 Å². The van der Waals surface area contributed by atoms with E-state index in [9.17, 15) is 0 Å². The molecule has 1 aromatic rings. The van der Waals surface area contributed by atoms with Gasteiger partial charge in [0.15, 0.2) is 0 Å². The molecule has 0 aliphatic carbocycles. The zero-order valence-corrected chi connectivity index (χ0v) is 8.36. The normalized spacial score (nSPS) is 13.5. The monoisotopic (exact) mass is 182 g/mol. The van der Waals surface area contributed by atoms with Gasteiger partial charge in [-0.2, -0.15) is 0 Å². The molecule has 1 unspecified atom stereocenters. The van der Waals surface area contributed by atoms with E-state index in [0.29, 0.717) is 0 Å². The maximum Gasteiger partial charge on any atom is 0.117 e. The Morgan fingerprint density at radius 2 is 2.38 bits per heavy atom. The quantitative estimate of drug-likeness (QED) is 0.749. The van der Waals surface area contributed by atoms with E-state index in [2.05, 4.69) is 11.8 Å². The number of hydrogen-bond donors (Lipinski definition) is 1. The largest absolute Gasteiger partial charge is 0.468 e. The third-order valence-corrected chi connectivity index (χ3v) is 1.95. The van der Waals surface area contributed by atoms with Crippen LogP contribution in [0.3, 0.4) is 0 Å². The summed E-state index contributed by atoms with van der Waals surface area (Å²) < 4.78 is 5.26. The highest BCUT2D eigenvalue weighted by Crippen LogP contribution is 2.05. The van der Waals surface area contributed by atoms with Crippen LogP contribution < -0.4 is 5.73 Å². The molecule has 13 heavy (non-hydrogen) atoms. The molecule has 2 N–H and O–H groups in total. The zero-order chi connectivity index (χ0) is 9.68. The highest BCUT2D eigenvalue weighted by molar-refractivity contribution is 4.97. The number of furan rings is 1. The topological polar surface area (TPSA) is 42.4 Å². The van der Waals surface area contributed by atoms with Gasteiger partial charge in [0.2, 0.25) is 0 Å². The molecular formula is C10H18N2O. The van der Waals surface area contributed by atoms with E-state index in [0.717, 1.165) is 25.4 Å². The smallest absolute Gasteiger partial charge is 0.117 e. The molecule has 0 saturated heterocycles. The summed E-state index contributed by atoms with van der Waals surface area (Å²) in [6.07, 6.45) is 1.70. The molecule has 3 heteroatoms. The highest BCUT2D eigenvalue weighted by Gasteiger charge is 2.07. The molecule has 0 aromatic carbocycles. The van der Waals surface area contributed by atoms with Crippen molar-refractivity contribution in [2.24, 2.45) is 5.73 Å². The van der Waals surface area contributed by atoms with E-state index >= 15 is 0 Å². The fourth-order valence-corrected chi connectivity index (χ4v) is 1.34. The number of nitrogens with zero attached hydrogens (tertiary/aromatic N) is 1. The third kappa shape index (κ3) is 3.61. The Morgan fingerprint density at radius 1 is 1.62 bits per heavy atom. The van der Waals surface area contributed by atoms with Gasteiger partial charge < -0.3 is 10.2 Å². The molecule has 0 saturated carbocycles. The van der Waals surface area contributed by atoms with Crippen LogP contribution >= 0.6 is 0 Å². The van der Waals surface area contributed by atoms with E-state index < -0.39 is 0 Å². The van der Waals surface area contributed by atoms with E-state index in [1.807, 2.05) is 19.1 Å². The van der Waals surface area contributed by atoms with Gasteiger partial charge in [-0.25, -0.2) is 0 Å². The standard InChI is InChI=1S/C10H18N2O/c1-3-12(7-9(2)11)8-10-5-4-6-13-10/h4-6,9H,3,7-8,11H2,1-2H3. The molecule has 0 spiro atoms. The SMILES string of the molecule is CCN(Cc1ccco1)CC(C)N. The zero-order valence-electron chi connectivity index (χ0n) is 8.36. The average Bonchev–Trinajstić information content (AvgIpc) is 2.55. The van der Waals surface area contributed by atoms with Crippen molar-refractivity contribution in [2.75, 3.05) is 13.1 Å². The lowest BCUT2D eigenvalue weighted by molar-refractivity contribution is 0.245. The second kappa shape index (κ2) is 5.04. The van der Waals surface area contributed by atoms with Crippen LogP contribution in [0.5, 0.6) is 0 Å². The molecule has 0 amide bonds. The minimum atomic E-state index is 0.218. The van der Waals surface area contributed by atoms with Crippen LogP contribution in [0.2, 0.25) is 0 Å². The van der Waals surface area contributed by atoms with Gasteiger partial charge in [0.1, 0.15) is 5.76 Å². The summed E-state index contributed by atoms with van der Waals surface area (Å²) in [7, 11) is 0. The number of likely N-dealkylation sites (N-methyl/N-ethyl adjacent to an activating group) is 1. The van der Waals surface area contributed by atoms with Gasteiger partial charge in [-0.3, -0.25) is 4.90 Å². The molecule has 0 bridgehead atoms. The fraction of sp³-hybridized carbons (Fsp3) is 0.600. The minimum absolute atomic E-state index is 0.218. The Hall–Kier alpha value is -0.800. The van der Waals surface area contributed by atoms with Crippen LogP contribution in [0.15, 0.2) is 22.8 Å². The summed E-state index contributed by atoms with van der Waals surface area (Å²) in [6, 6.07) is 4.12. The number of rotatable bonds is 5. The van der Waals surface area contributed by atoms with E-state index in [1.165, 1.54) is 0 Å². The lowest BCUT2D eigenvalue weighted by Crippen LogP contribution is -2.34. The molecule has 1 heterocycles. The first-order valence-corrected chi connectivity index (χ1v) is 4.72. The first-order chi connectivity index (χ1) is 6.22. The molecule has 0 aliphatic rings. The van der Waals surface area contributed by atoms with Crippen LogP contribution in [0.1, 0.15) is 19.6 Å². The molecule has 0 fully saturated rings. The Morgan fingerprint density at radius 3 is 2.85 bits per heavy atom. The van der Waals surface area contributed by atoms with E-state index in [4.69, 9.17) is 10.2 Å². The van der Waals surface area contributed by atoms with E-state index in [-0.39, 0.29) is 6.04 Å². The molecule has 3 nitrogen and oxygen atoms in total. The summed E-state index contributed by atoms with van der Waals surface area (Å²) in [5.41, 5.74) is 5.73. The van der Waals surface area contributed by atoms with Crippen molar-refractivity contribution in [1.82, 2.24) is 4.90 Å². The lowest BCUT2D eigenvalue weighted by Gasteiger charge is -2.20. The Labute approximate surface area is 79.5 Å². The van der Waals surface area contributed by atoms with Crippen LogP contribution in [0.25, 0.3) is 0 Å². The molecule has 1 rings (SSSR count). The second-order valence-electron chi connectivity index (χ2n) is 3.38. The highest BCUT2D eigenvalue weighted by atomic mass is 16.3. The molecule has 74 valence electrons. The minimum Gasteiger partial charge on any atom is -0.468 e. The first-order valence-electron chi connectivity index (χ1n) is 4.72. The van der Waals surface area contributed by atoms with Crippen molar-refractivity contribution in [3.8, 4) is 0 Å². The Kier molecular flexibility index (Phi) is 3.99. The van der Waals surface area contributed by atoms with Gasteiger partial charge in [0.25, 0.3) is 0 Å². The number of hydrogen-bond acceptors (Lipinski definition) is 3. The van der Waals surface area contributed by atoms with Gasteiger partial charge >= 0.3 is 0 Å². The van der Waals surface area contributed by atoms with E-state index in [1.54, 1.807) is 6.26 Å². The fourth-order valence-electron chi connectivity index (χ4n) is 1.34. The van der Waals surface area contributed by atoms with Crippen molar-refractivity contribution in [2.45, 2.75) is 26.4 Å². The predicted molar refractivity (Wildman–Crippen MR) is 53.3 cm³/mol. The third-order valence-electron chi connectivity index (χ3n) is 1.95. The van der Waals surface area contributed by atoms with Crippen molar-refractivity contribution in [3.63, 3.8) is 0 Å². The van der Waals surface area contributed by atoms with Crippen molar-refractivity contribution in [3.05, 3.63) is 24.2 Å². The van der Waals surface area contributed by atoms with Crippen molar-refractivity contribution in [1.29, 1.82) is 0 Å². The second-order valence-corrected chi connectivity index (χ2v) is 3.38. The molecule has 0 aliphatic heterocycles. The average molecular weight is 182 g/mol. The summed E-state index contributed by atoms with van der Waals surface area (Å²) in [5.74, 6) is 1.00. The van der Waals surface area contributed by atoms with Crippen LogP contribution in [-0.4, -0.2) is 24.0 Å². The molecule has 1 atom stereocenters. The van der Waals surface area contributed by atoms with Crippen LogP contribution in [0.4, 0.5) is 0 Å². The Balaban J connectivity index is 2.40. The van der Waals surface area contributed by atoms with Crippen molar-refractivity contribution < 1.29 is 4.42 Å². The van der Waals surface area contributed by atoms with Gasteiger partial charge in [0.05, 0.1) is 12.8 Å². The predicted octanol–water partition coefficient (Wildman–Crippen LogP) is 1.45. The summed E-state index contributed by atoms with van der Waals surface area (Å²) in [5, 5.41) is 0. The van der Waals surface area contributed by atoms with Crippen LogP contribution in [0, 0.1) is 0 Å². The lowest BCUT2D eigenvalue weighted by atomic mass is 10.3. The maximum absolute atomic E-state index is 5.73. The van der Waals surface area contributed by atoms with Gasteiger partial charge in [-0.05, 0) is 25.6 Å². The molecule has 0 radical (unpaired) electrons. The first kappa shape index (κ1) is 10.3. The van der Waals surface area contributed by atoms with Gasteiger partial charge in [0, 0.05) is 12.6 Å². The molecule has 1 aromatic heterocycles. The van der Waals surface area contributed by atoms with Gasteiger partial charge in [-0.1, -0.05) is 6.92 Å².